The van der Waals surface area contributed by atoms with E-state index < -0.39 is 0 Å². The second-order valence-corrected chi connectivity index (χ2v) is 5.59. The van der Waals surface area contributed by atoms with Gasteiger partial charge >= 0.3 is 0 Å². The topological polar surface area (TPSA) is 0 Å². The van der Waals surface area contributed by atoms with Gasteiger partial charge in [0.2, 0.25) is 0 Å². The van der Waals surface area contributed by atoms with Crippen molar-refractivity contribution < 1.29 is 4.48 Å². The highest BCUT2D eigenvalue weighted by atomic mass is 15.3. The Morgan fingerprint density at radius 2 is 1.44 bits per heavy atom. The standard InChI is InChI=1S/C15H30N/c1-5-6-7-8-9-10-11-12-13-14-15-16(2,3)4/h5-7H,1,8-15H2,2-4H3/q+1/b7-6+. The highest BCUT2D eigenvalue weighted by Crippen LogP contribution is 2.08. The number of hydrogen-bond donors (Lipinski definition) is 0. The highest BCUT2D eigenvalue weighted by molar-refractivity contribution is 4.96. The first kappa shape index (κ1) is 15.4. The van der Waals surface area contributed by atoms with E-state index in [9.17, 15) is 0 Å². The van der Waals surface area contributed by atoms with Crippen LogP contribution in [0.4, 0.5) is 0 Å². The number of rotatable bonds is 10. The predicted molar refractivity (Wildman–Crippen MR) is 74.6 cm³/mol. The molecule has 0 fully saturated rings. The first-order chi connectivity index (χ1) is 7.56. The summed E-state index contributed by atoms with van der Waals surface area (Å²) in [5.41, 5.74) is 0. The molecule has 0 aliphatic carbocycles. The Labute approximate surface area is 102 Å². The number of unbranched alkanes of at least 4 members (excludes halogenated alkanes) is 6. The van der Waals surface area contributed by atoms with Gasteiger partial charge in [-0.3, -0.25) is 0 Å². The highest BCUT2D eigenvalue weighted by Gasteiger charge is 2.04. The van der Waals surface area contributed by atoms with Gasteiger partial charge in [0.05, 0.1) is 27.7 Å². The maximum atomic E-state index is 3.66. The maximum Gasteiger partial charge on any atom is 0.0780 e. The summed E-state index contributed by atoms with van der Waals surface area (Å²) < 4.78 is 1.10. The van der Waals surface area contributed by atoms with Crippen LogP contribution in [0.3, 0.4) is 0 Å². The van der Waals surface area contributed by atoms with Crippen LogP contribution >= 0.6 is 0 Å². The zero-order chi connectivity index (χ0) is 12.3. The van der Waals surface area contributed by atoms with Gasteiger partial charge in [0.1, 0.15) is 0 Å². The van der Waals surface area contributed by atoms with Gasteiger partial charge in [-0.25, -0.2) is 0 Å². The van der Waals surface area contributed by atoms with Crippen molar-refractivity contribution in [3.63, 3.8) is 0 Å². The summed E-state index contributed by atoms with van der Waals surface area (Å²) in [6.45, 7) is 4.97. The van der Waals surface area contributed by atoms with Gasteiger partial charge in [0.15, 0.2) is 0 Å². The fourth-order valence-electron chi connectivity index (χ4n) is 1.75. The van der Waals surface area contributed by atoms with Crippen molar-refractivity contribution in [3.8, 4) is 0 Å². The first-order valence-corrected chi connectivity index (χ1v) is 6.64. The van der Waals surface area contributed by atoms with Crippen LogP contribution in [-0.2, 0) is 0 Å². The van der Waals surface area contributed by atoms with Gasteiger partial charge in [0.25, 0.3) is 0 Å². The smallest absolute Gasteiger partial charge is 0.0780 e. The summed E-state index contributed by atoms with van der Waals surface area (Å²) in [4.78, 5) is 0. The Balaban J connectivity index is 3.10. The first-order valence-electron chi connectivity index (χ1n) is 6.64. The third-order valence-electron chi connectivity index (χ3n) is 2.72. The molecule has 0 aliphatic heterocycles. The average molecular weight is 224 g/mol. The monoisotopic (exact) mass is 224 g/mol. The van der Waals surface area contributed by atoms with Crippen LogP contribution in [0.2, 0.25) is 0 Å². The summed E-state index contributed by atoms with van der Waals surface area (Å²) in [5, 5.41) is 0. The number of allylic oxidation sites excluding steroid dienone is 3. The van der Waals surface area contributed by atoms with Crippen LogP contribution in [0.25, 0.3) is 0 Å². The quantitative estimate of drug-likeness (QED) is 0.297. The summed E-state index contributed by atoms with van der Waals surface area (Å²) in [6.07, 6.45) is 15.6. The van der Waals surface area contributed by atoms with Gasteiger partial charge in [-0.05, 0) is 25.7 Å². The molecule has 94 valence electrons. The lowest BCUT2D eigenvalue weighted by Crippen LogP contribution is -2.35. The normalized spacial score (nSPS) is 12.2. The van der Waals surface area contributed by atoms with Crippen molar-refractivity contribution in [1.29, 1.82) is 0 Å². The van der Waals surface area contributed by atoms with E-state index in [0.29, 0.717) is 0 Å². The molecule has 0 spiro atoms. The van der Waals surface area contributed by atoms with Crippen LogP contribution in [0.1, 0.15) is 44.9 Å². The molecule has 0 aliphatic rings. The second kappa shape index (κ2) is 9.65. The van der Waals surface area contributed by atoms with Gasteiger partial charge < -0.3 is 4.48 Å². The predicted octanol–water partition coefficient (Wildman–Crippen LogP) is 4.17. The molecule has 1 heteroatoms. The summed E-state index contributed by atoms with van der Waals surface area (Å²) in [7, 11) is 6.81. The zero-order valence-corrected chi connectivity index (χ0v) is 11.5. The molecule has 0 N–H and O–H groups in total. The molecule has 0 saturated heterocycles. The number of nitrogens with zero attached hydrogens (tertiary/aromatic N) is 1. The lowest BCUT2D eigenvalue weighted by molar-refractivity contribution is -0.870. The molecule has 0 heterocycles. The van der Waals surface area contributed by atoms with Gasteiger partial charge in [0, 0.05) is 0 Å². The van der Waals surface area contributed by atoms with Gasteiger partial charge in [-0.1, -0.05) is 44.1 Å². The van der Waals surface area contributed by atoms with Crippen LogP contribution < -0.4 is 0 Å². The molecule has 0 aromatic rings. The van der Waals surface area contributed by atoms with Crippen LogP contribution in [0.15, 0.2) is 24.8 Å². The Hall–Kier alpha value is -0.560. The summed E-state index contributed by atoms with van der Waals surface area (Å²) in [5.74, 6) is 0. The largest absolute Gasteiger partial charge is 0.331 e. The molecular weight excluding hydrogens is 194 g/mol. The molecule has 0 radical (unpaired) electrons. The average Bonchev–Trinajstić information content (AvgIpc) is 2.19. The Morgan fingerprint density at radius 3 is 2.00 bits per heavy atom. The van der Waals surface area contributed by atoms with Crippen molar-refractivity contribution >= 4 is 0 Å². The van der Waals surface area contributed by atoms with Gasteiger partial charge in [-0.15, -0.1) is 0 Å². The van der Waals surface area contributed by atoms with Crippen molar-refractivity contribution in [2.24, 2.45) is 0 Å². The van der Waals surface area contributed by atoms with Crippen LogP contribution in [0.5, 0.6) is 0 Å². The SMILES string of the molecule is C=C/C=C/CCCCCCCC[N+](C)(C)C. The second-order valence-electron chi connectivity index (χ2n) is 5.59. The van der Waals surface area contributed by atoms with Gasteiger partial charge in [-0.2, -0.15) is 0 Å². The molecule has 0 bridgehead atoms. The van der Waals surface area contributed by atoms with E-state index in [1.807, 2.05) is 12.2 Å². The van der Waals surface area contributed by atoms with E-state index in [0.717, 1.165) is 4.48 Å². The molecule has 0 aromatic heterocycles. The third kappa shape index (κ3) is 13.4. The minimum absolute atomic E-state index is 1.10. The Kier molecular flexibility index (Phi) is 9.31. The van der Waals surface area contributed by atoms with E-state index in [1.54, 1.807) is 0 Å². The lowest BCUT2D eigenvalue weighted by Gasteiger charge is -2.23. The minimum Gasteiger partial charge on any atom is -0.331 e. The number of hydrogen-bond acceptors (Lipinski definition) is 0. The fraction of sp³-hybridized carbons (Fsp3) is 0.733. The lowest BCUT2D eigenvalue weighted by atomic mass is 10.1. The van der Waals surface area contributed by atoms with Crippen molar-refractivity contribution in [1.82, 2.24) is 0 Å². The maximum absolute atomic E-state index is 3.66. The van der Waals surface area contributed by atoms with E-state index in [2.05, 4.69) is 33.8 Å². The third-order valence-corrected chi connectivity index (χ3v) is 2.72. The molecule has 1 nitrogen and oxygen atoms in total. The minimum atomic E-state index is 1.10. The van der Waals surface area contributed by atoms with E-state index in [-0.39, 0.29) is 0 Å². The van der Waals surface area contributed by atoms with E-state index in [4.69, 9.17) is 0 Å². The van der Waals surface area contributed by atoms with Crippen LogP contribution in [-0.4, -0.2) is 32.2 Å². The van der Waals surface area contributed by atoms with E-state index >= 15 is 0 Å². The fourth-order valence-corrected chi connectivity index (χ4v) is 1.75. The molecule has 0 rings (SSSR count). The summed E-state index contributed by atoms with van der Waals surface area (Å²) >= 11 is 0. The molecular formula is C15H30N+. The van der Waals surface area contributed by atoms with Crippen molar-refractivity contribution in [2.45, 2.75) is 44.9 Å². The Bertz CT molecular complexity index is 186. The number of quaternary nitrogens is 1. The molecule has 0 atom stereocenters. The molecule has 16 heavy (non-hydrogen) atoms. The van der Waals surface area contributed by atoms with Crippen LogP contribution in [0, 0.1) is 0 Å². The summed E-state index contributed by atoms with van der Waals surface area (Å²) in [6, 6.07) is 0. The molecule has 0 saturated carbocycles. The zero-order valence-electron chi connectivity index (χ0n) is 11.5. The van der Waals surface area contributed by atoms with Crippen molar-refractivity contribution in [3.05, 3.63) is 24.8 Å². The molecule has 0 amide bonds. The molecule has 0 aromatic carbocycles. The van der Waals surface area contributed by atoms with Crippen molar-refractivity contribution in [2.75, 3.05) is 27.7 Å². The molecule has 0 unspecified atom stereocenters. The van der Waals surface area contributed by atoms with E-state index in [1.165, 1.54) is 51.5 Å². The Morgan fingerprint density at radius 1 is 0.875 bits per heavy atom.